The molecule has 0 fully saturated rings. The van der Waals surface area contributed by atoms with E-state index in [0.717, 1.165) is 0 Å². The lowest BCUT2D eigenvalue weighted by atomic mass is 10.1. The van der Waals surface area contributed by atoms with Crippen LogP contribution in [0.25, 0.3) is 0 Å². The Morgan fingerprint density at radius 2 is 2.21 bits per heavy atom. The van der Waals surface area contributed by atoms with Gasteiger partial charge >= 0.3 is 0 Å². The monoisotopic (exact) mass is 283 g/mol. The van der Waals surface area contributed by atoms with Gasteiger partial charge in [-0.25, -0.2) is 13.1 Å². The number of aromatic amines is 1. The van der Waals surface area contributed by atoms with Crippen molar-refractivity contribution in [2.24, 2.45) is 0 Å². The van der Waals surface area contributed by atoms with Gasteiger partial charge in [0.15, 0.2) is 5.82 Å². The maximum Gasteiger partial charge on any atom is 0.241 e. The summed E-state index contributed by atoms with van der Waals surface area (Å²) in [6, 6.07) is 4.74. The van der Waals surface area contributed by atoms with Gasteiger partial charge in [-0.3, -0.25) is 0 Å². The van der Waals surface area contributed by atoms with Gasteiger partial charge in [-0.15, -0.1) is 10.2 Å². The second kappa shape index (κ2) is 5.43. The van der Waals surface area contributed by atoms with Gasteiger partial charge in [0.1, 0.15) is 0 Å². The topological polar surface area (TPSA) is 121 Å². The standard InChI is InChI=1S/C10H13N5O3S/c1-7-8(6-16)3-2-4-9(7)19(17,18)11-5-10-12-14-15-13-10/h2-4,11,16H,5-6H2,1H3,(H,12,13,14,15). The highest BCUT2D eigenvalue weighted by Gasteiger charge is 2.18. The Balaban J connectivity index is 2.24. The van der Waals surface area contributed by atoms with Gasteiger partial charge in [0.05, 0.1) is 18.0 Å². The number of benzene rings is 1. The maximum absolute atomic E-state index is 12.1. The van der Waals surface area contributed by atoms with Crippen molar-refractivity contribution < 1.29 is 13.5 Å². The van der Waals surface area contributed by atoms with Crippen LogP contribution in [0.3, 0.4) is 0 Å². The minimum atomic E-state index is -3.68. The van der Waals surface area contributed by atoms with E-state index in [9.17, 15) is 8.42 Å². The first-order valence-electron chi connectivity index (χ1n) is 5.46. The average Bonchev–Trinajstić information content (AvgIpc) is 2.90. The van der Waals surface area contributed by atoms with Crippen molar-refractivity contribution in [1.82, 2.24) is 25.3 Å². The van der Waals surface area contributed by atoms with Crippen LogP contribution < -0.4 is 4.72 Å². The summed E-state index contributed by atoms with van der Waals surface area (Å²) >= 11 is 0. The van der Waals surface area contributed by atoms with Crippen LogP contribution in [0.15, 0.2) is 23.1 Å². The van der Waals surface area contributed by atoms with Crippen molar-refractivity contribution in [2.45, 2.75) is 25.0 Å². The minimum Gasteiger partial charge on any atom is -0.392 e. The highest BCUT2D eigenvalue weighted by Crippen LogP contribution is 2.18. The van der Waals surface area contributed by atoms with Crippen molar-refractivity contribution in [2.75, 3.05) is 0 Å². The highest BCUT2D eigenvalue weighted by molar-refractivity contribution is 7.89. The summed E-state index contributed by atoms with van der Waals surface area (Å²) in [6.07, 6.45) is 0. The number of aromatic nitrogens is 4. The molecule has 0 aliphatic carbocycles. The van der Waals surface area contributed by atoms with Crippen LogP contribution in [0.4, 0.5) is 0 Å². The lowest BCUT2D eigenvalue weighted by Gasteiger charge is -2.10. The molecule has 0 aliphatic heterocycles. The van der Waals surface area contributed by atoms with Crippen LogP contribution in [-0.4, -0.2) is 34.1 Å². The molecule has 1 heterocycles. The van der Waals surface area contributed by atoms with Crippen LogP contribution in [0, 0.1) is 6.92 Å². The number of tetrazole rings is 1. The van der Waals surface area contributed by atoms with E-state index in [-0.39, 0.29) is 23.9 Å². The quantitative estimate of drug-likeness (QED) is 0.679. The number of H-pyrrole nitrogens is 1. The molecule has 0 radical (unpaired) electrons. The molecule has 102 valence electrons. The number of nitrogens with zero attached hydrogens (tertiary/aromatic N) is 3. The molecule has 8 nitrogen and oxygen atoms in total. The number of hydrogen-bond donors (Lipinski definition) is 3. The predicted molar refractivity (Wildman–Crippen MR) is 65.3 cm³/mol. The van der Waals surface area contributed by atoms with Crippen molar-refractivity contribution >= 4 is 10.0 Å². The van der Waals surface area contributed by atoms with Gasteiger partial charge in [-0.05, 0) is 24.1 Å². The number of aliphatic hydroxyl groups is 1. The fourth-order valence-electron chi connectivity index (χ4n) is 1.62. The molecule has 1 aromatic carbocycles. The third-order valence-corrected chi connectivity index (χ3v) is 4.21. The first-order valence-corrected chi connectivity index (χ1v) is 6.94. The Hall–Kier alpha value is -1.84. The zero-order valence-corrected chi connectivity index (χ0v) is 11.0. The average molecular weight is 283 g/mol. The molecule has 0 saturated carbocycles. The molecule has 0 spiro atoms. The third kappa shape index (κ3) is 2.95. The summed E-state index contributed by atoms with van der Waals surface area (Å²) in [6.45, 7) is 1.39. The molecule has 2 rings (SSSR count). The van der Waals surface area contributed by atoms with Gasteiger partial charge in [0, 0.05) is 0 Å². The third-order valence-electron chi connectivity index (χ3n) is 2.67. The summed E-state index contributed by atoms with van der Waals surface area (Å²) in [5.74, 6) is 0.250. The maximum atomic E-state index is 12.1. The van der Waals surface area contributed by atoms with E-state index in [1.807, 2.05) is 0 Å². The molecule has 0 saturated heterocycles. The predicted octanol–water partition coefficient (Wildman–Crippen LogP) is -0.521. The molecule has 1 aromatic heterocycles. The first kappa shape index (κ1) is 13.6. The number of nitrogens with one attached hydrogen (secondary N) is 2. The molecular formula is C10H13N5O3S. The molecule has 9 heteroatoms. The van der Waals surface area contributed by atoms with Crippen molar-refractivity contribution in [1.29, 1.82) is 0 Å². The number of rotatable bonds is 5. The highest BCUT2D eigenvalue weighted by atomic mass is 32.2. The van der Waals surface area contributed by atoms with E-state index in [1.54, 1.807) is 19.1 Å². The second-order valence-electron chi connectivity index (χ2n) is 3.85. The van der Waals surface area contributed by atoms with E-state index in [2.05, 4.69) is 25.3 Å². The lowest BCUT2D eigenvalue weighted by molar-refractivity contribution is 0.280. The van der Waals surface area contributed by atoms with Gasteiger partial charge in [0.25, 0.3) is 0 Å². The van der Waals surface area contributed by atoms with E-state index in [4.69, 9.17) is 5.11 Å². The molecular weight excluding hydrogens is 270 g/mol. The Morgan fingerprint density at radius 1 is 1.42 bits per heavy atom. The summed E-state index contributed by atoms with van der Waals surface area (Å²) in [4.78, 5) is 0.127. The Labute approximate surface area is 109 Å². The van der Waals surface area contributed by atoms with Crippen LogP contribution in [0.1, 0.15) is 17.0 Å². The van der Waals surface area contributed by atoms with Gasteiger partial charge in [0.2, 0.25) is 10.0 Å². The van der Waals surface area contributed by atoms with E-state index in [0.29, 0.717) is 11.1 Å². The van der Waals surface area contributed by atoms with Crippen molar-refractivity contribution in [3.05, 3.63) is 35.2 Å². The van der Waals surface area contributed by atoms with Crippen LogP contribution in [0.2, 0.25) is 0 Å². The first-order chi connectivity index (χ1) is 9.04. The van der Waals surface area contributed by atoms with Crippen LogP contribution in [-0.2, 0) is 23.2 Å². The zero-order chi connectivity index (χ0) is 13.9. The molecule has 0 bridgehead atoms. The summed E-state index contributed by atoms with van der Waals surface area (Å²) < 4.78 is 26.7. The molecule has 0 aliphatic rings. The number of aliphatic hydroxyl groups excluding tert-OH is 1. The minimum absolute atomic E-state index is 0.0539. The fourth-order valence-corrected chi connectivity index (χ4v) is 2.88. The molecule has 0 unspecified atom stereocenters. The van der Waals surface area contributed by atoms with Crippen molar-refractivity contribution in [3.8, 4) is 0 Å². The van der Waals surface area contributed by atoms with Gasteiger partial charge in [-0.2, -0.15) is 5.21 Å². The molecule has 3 N–H and O–H groups in total. The number of sulfonamides is 1. The zero-order valence-electron chi connectivity index (χ0n) is 10.2. The van der Waals surface area contributed by atoms with Gasteiger partial charge < -0.3 is 5.11 Å². The van der Waals surface area contributed by atoms with Crippen LogP contribution in [0.5, 0.6) is 0 Å². The SMILES string of the molecule is Cc1c(CO)cccc1S(=O)(=O)NCc1nn[nH]n1. The second-order valence-corrected chi connectivity index (χ2v) is 5.59. The Bertz CT molecular complexity index is 654. The van der Waals surface area contributed by atoms with Crippen LogP contribution >= 0.6 is 0 Å². The molecule has 0 amide bonds. The molecule has 2 aromatic rings. The Kier molecular flexibility index (Phi) is 3.88. The van der Waals surface area contributed by atoms with Gasteiger partial charge in [-0.1, -0.05) is 17.3 Å². The lowest BCUT2D eigenvalue weighted by Crippen LogP contribution is -2.25. The number of hydrogen-bond acceptors (Lipinski definition) is 6. The molecule has 19 heavy (non-hydrogen) atoms. The van der Waals surface area contributed by atoms with E-state index >= 15 is 0 Å². The summed E-state index contributed by atoms with van der Waals surface area (Å²) in [5.41, 5.74) is 1.09. The normalized spacial score (nSPS) is 11.7. The summed E-state index contributed by atoms with van der Waals surface area (Å²) in [5, 5.41) is 22.0. The Morgan fingerprint density at radius 3 is 2.84 bits per heavy atom. The van der Waals surface area contributed by atoms with E-state index < -0.39 is 10.0 Å². The fraction of sp³-hybridized carbons (Fsp3) is 0.300. The summed E-state index contributed by atoms with van der Waals surface area (Å²) in [7, 11) is -3.68. The van der Waals surface area contributed by atoms with E-state index in [1.165, 1.54) is 6.07 Å². The van der Waals surface area contributed by atoms with Crippen molar-refractivity contribution in [3.63, 3.8) is 0 Å². The smallest absolute Gasteiger partial charge is 0.241 e. The molecule has 0 atom stereocenters. The largest absolute Gasteiger partial charge is 0.392 e.